The van der Waals surface area contributed by atoms with Crippen LogP contribution in [0.1, 0.15) is 12.8 Å². The normalized spacial score (nSPS) is 28.8. The first-order chi connectivity index (χ1) is 10.0. The molecule has 9 nitrogen and oxygen atoms in total. The van der Waals surface area contributed by atoms with E-state index in [9.17, 15) is 19.7 Å². The second-order valence-electron chi connectivity index (χ2n) is 5.11. The van der Waals surface area contributed by atoms with Gasteiger partial charge in [0, 0.05) is 24.9 Å². The molecular weight excluding hydrogens is 300 g/mol. The van der Waals surface area contributed by atoms with E-state index in [1.165, 1.54) is 0 Å². The van der Waals surface area contributed by atoms with Crippen LogP contribution in [0.2, 0.25) is 0 Å². The molecule has 2 rings (SSSR count). The molecule has 0 spiro atoms. The van der Waals surface area contributed by atoms with Crippen LogP contribution in [0.25, 0.3) is 0 Å². The fourth-order valence-electron chi connectivity index (χ4n) is 2.33. The molecule has 2 aliphatic heterocycles. The van der Waals surface area contributed by atoms with Crippen molar-refractivity contribution in [2.24, 2.45) is 5.92 Å². The lowest BCUT2D eigenvalue weighted by molar-refractivity contribution is -0.759. The van der Waals surface area contributed by atoms with Crippen molar-refractivity contribution in [3.05, 3.63) is 10.1 Å². The fraction of sp³-hybridized carbons (Fsp3) is 0.818. The molecule has 0 bridgehead atoms. The molecule has 0 aromatic heterocycles. The third-order valence-electron chi connectivity index (χ3n) is 3.55. The molecule has 118 valence electrons. The molecular formula is C11H18N4O5S. The maximum absolute atomic E-state index is 11.8. The minimum atomic E-state index is -0.778. The molecule has 2 heterocycles. The van der Waals surface area contributed by atoms with Gasteiger partial charge in [0.05, 0.1) is 0 Å². The van der Waals surface area contributed by atoms with Crippen LogP contribution < -0.4 is 16.0 Å². The Labute approximate surface area is 125 Å². The molecule has 2 amide bonds. The summed E-state index contributed by atoms with van der Waals surface area (Å²) in [5, 5.41) is 17.8. The summed E-state index contributed by atoms with van der Waals surface area (Å²) in [6.45, 7) is 1.22. The maximum atomic E-state index is 11.8. The van der Waals surface area contributed by atoms with Gasteiger partial charge in [0.2, 0.25) is 5.91 Å². The van der Waals surface area contributed by atoms with Gasteiger partial charge in [-0.1, -0.05) is 11.8 Å². The zero-order chi connectivity index (χ0) is 15.2. The first kappa shape index (κ1) is 15.8. The predicted octanol–water partition coefficient (Wildman–Crippen LogP) is -0.496. The molecule has 0 aliphatic carbocycles. The lowest BCUT2D eigenvalue weighted by Gasteiger charge is -2.29. The Balaban J connectivity index is 1.61. The van der Waals surface area contributed by atoms with Gasteiger partial charge in [-0.3, -0.25) is 9.59 Å². The quantitative estimate of drug-likeness (QED) is 0.446. The standard InChI is InChI=1S/C11H18N4O5S/c16-10(9-6-21-11(17)14-9)13-4-8-2-1-7(3-12-8)5-20-15(18)19/h7-9,12H,1-6H2,(H,13,16)(H,14,17)/t7?,8?,9-/m0/s1. The van der Waals surface area contributed by atoms with Crippen molar-refractivity contribution in [2.75, 3.05) is 25.4 Å². The largest absolute Gasteiger partial charge is 0.353 e. The van der Waals surface area contributed by atoms with Crippen molar-refractivity contribution in [2.45, 2.75) is 24.9 Å². The molecule has 0 saturated carbocycles. The molecule has 2 unspecified atom stereocenters. The number of nitrogens with one attached hydrogen (secondary N) is 3. The first-order valence-corrected chi connectivity index (χ1v) is 7.75. The lowest BCUT2D eigenvalue weighted by Crippen LogP contribution is -2.50. The van der Waals surface area contributed by atoms with Gasteiger partial charge >= 0.3 is 0 Å². The first-order valence-electron chi connectivity index (χ1n) is 6.76. The van der Waals surface area contributed by atoms with E-state index in [4.69, 9.17) is 0 Å². The van der Waals surface area contributed by atoms with Crippen molar-refractivity contribution in [1.29, 1.82) is 0 Å². The van der Waals surface area contributed by atoms with Crippen molar-refractivity contribution >= 4 is 22.9 Å². The number of nitrogens with zero attached hydrogens (tertiary/aromatic N) is 1. The van der Waals surface area contributed by atoms with E-state index in [2.05, 4.69) is 20.8 Å². The summed E-state index contributed by atoms with van der Waals surface area (Å²) >= 11 is 1.11. The van der Waals surface area contributed by atoms with Gasteiger partial charge in [-0.05, 0) is 18.8 Å². The van der Waals surface area contributed by atoms with Gasteiger partial charge in [-0.15, -0.1) is 10.1 Å². The van der Waals surface area contributed by atoms with Crippen LogP contribution in [-0.2, 0) is 9.63 Å². The van der Waals surface area contributed by atoms with Crippen molar-refractivity contribution < 1.29 is 19.5 Å². The third-order valence-corrected chi connectivity index (χ3v) is 4.43. The second kappa shape index (κ2) is 7.46. The monoisotopic (exact) mass is 318 g/mol. The predicted molar refractivity (Wildman–Crippen MR) is 75.2 cm³/mol. The lowest BCUT2D eigenvalue weighted by atomic mass is 9.95. The number of carbonyl (C=O) groups excluding carboxylic acids is 2. The fourth-order valence-corrected chi connectivity index (χ4v) is 3.11. The Hall–Kier alpha value is -1.55. The van der Waals surface area contributed by atoms with Crippen molar-refractivity contribution in [3.8, 4) is 0 Å². The van der Waals surface area contributed by atoms with E-state index >= 15 is 0 Å². The zero-order valence-corrected chi connectivity index (χ0v) is 12.2. The summed E-state index contributed by atoms with van der Waals surface area (Å²) in [6, 6.07) is -0.308. The van der Waals surface area contributed by atoms with E-state index in [0.29, 0.717) is 18.8 Å². The maximum Gasteiger partial charge on any atom is 0.294 e. The number of thioether (sulfide) groups is 1. The molecule has 2 aliphatic rings. The van der Waals surface area contributed by atoms with Crippen LogP contribution >= 0.6 is 11.8 Å². The van der Waals surface area contributed by atoms with Gasteiger partial charge < -0.3 is 20.8 Å². The third kappa shape index (κ3) is 5.05. The molecule has 21 heavy (non-hydrogen) atoms. The van der Waals surface area contributed by atoms with E-state index in [1.54, 1.807) is 0 Å². The number of rotatable bonds is 6. The highest BCUT2D eigenvalue weighted by Gasteiger charge is 2.28. The number of hydrogen-bond acceptors (Lipinski definition) is 7. The summed E-state index contributed by atoms with van der Waals surface area (Å²) in [5.74, 6) is 0.408. The summed E-state index contributed by atoms with van der Waals surface area (Å²) in [4.78, 5) is 37.3. The summed E-state index contributed by atoms with van der Waals surface area (Å²) in [5.41, 5.74) is 0. The molecule has 0 aromatic rings. The van der Waals surface area contributed by atoms with Gasteiger partial charge in [-0.25, -0.2) is 0 Å². The average Bonchev–Trinajstić information content (AvgIpc) is 2.90. The molecule has 10 heteroatoms. The molecule has 0 radical (unpaired) electrons. The van der Waals surface area contributed by atoms with E-state index in [0.717, 1.165) is 24.6 Å². The Morgan fingerprint density at radius 2 is 2.33 bits per heavy atom. The van der Waals surface area contributed by atoms with E-state index in [1.807, 2.05) is 0 Å². The van der Waals surface area contributed by atoms with Gasteiger partial charge in [-0.2, -0.15) is 0 Å². The van der Waals surface area contributed by atoms with Crippen LogP contribution in [-0.4, -0.2) is 53.8 Å². The van der Waals surface area contributed by atoms with Gasteiger partial charge in [0.1, 0.15) is 12.6 Å². The van der Waals surface area contributed by atoms with Crippen LogP contribution in [0.5, 0.6) is 0 Å². The van der Waals surface area contributed by atoms with Gasteiger partial charge in [0.25, 0.3) is 10.3 Å². The van der Waals surface area contributed by atoms with Crippen LogP contribution in [0, 0.1) is 16.0 Å². The average molecular weight is 318 g/mol. The highest BCUT2D eigenvalue weighted by molar-refractivity contribution is 8.14. The summed E-state index contributed by atoms with van der Waals surface area (Å²) in [7, 11) is 0. The van der Waals surface area contributed by atoms with Gasteiger partial charge in [0.15, 0.2) is 0 Å². The molecule has 3 atom stereocenters. The Morgan fingerprint density at radius 3 is 2.90 bits per heavy atom. The molecule has 2 saturated heterocycles. The Bertz CT molecular complexity index is 413. The molecule has 2 fully saturated rings. The van der Waals surface area contributed by atoms with E-state index in [-0.39, 0.29) is 29.7 Å². The highest BCUT2D eigenvalue weighted by Crippen LogP contribution is 2.15. The smallest absolute Gasteiger partial charge is 0.294 e. The van der Waals surface area contributed by atoms with Crippen molar-refractivity contribution in [3.63, 3.8) is 0 Å². The number of hydrogen-bond donors (Lipinski definition) is 3. The Morgan fingerprint density at radius 1 is 1.52 bits per heavy atom. The van der Waals surface area contributed by atoms with Crippen LogP contribution in [0.3, 0.4) is 0 Å². The number of piperidine rings is 1. The minimum Gasteiger partial charge on any atom is -0.353 e. The van der Waals surface area contributed by atoms with Crippen molar-refractivity contribution in [1.82, 2.24) is 16.0 Å². The minimum absolute atomic E-state index is 0.102. The summed E-state index contributed by atoms with van der Waals surface area (Å²) in [6.07, 6.45) is 1.63. The number of carbonyl (C=O) groups is 2. The summed E-state index contributed by atoms with van der Waals surface area (Å²) < 4.78 is 0. The Kier molecular flexibility index (Phi) is 5.62. The van der Waals surface area contributed by atoms with E-state index < -0.39 is 11.1 Å². The zero-order valence-electron chi connectivity index (χ0n) is 11.4. The SMILES string of the molecule is O=C1N[C@H](C(=O)NCC2CCC(CO[N+](=O)[O-])CN2)CS1. The second-order valence-corrected chi connectivity index (χ2v) is 6.10. The number of amides is 2. The topological polar surface area (TPSA) is 123 Å². The molecule has 0 aromatic carbocycles. The van der Waals surface area contributed by atoms with Crippen LogP contribution in [0.15, 0.2) is 0 Å². The highest BCUT2D eigenvalue weighted by atomic mass is 32.2. The molecule has 3 N–H and O–H groups in total. The van der Waals surface area contributed by atoms with Crippen LogP contribution in [0.4, 0.5) is 4.79 Å².